The summed E-state index contributed by atoms with van der Waals surface area (Å²) in [5.41, 5.74) is 12.5. The number of nitrogens with zero attached hydrogens (tertiary/aromatic N) is 2. The van der Waals surface area contributed by atoms with Gasteiger partial charge in [0.25, 0.3) is 0 Å². The van der Waals surface area contributed by atoms with E-state index in [2.05, 4.69) is 135 Å². The van der Waals surface area contributed by atoms with E-state index in [1.165, 1.54) is 64.8 Å². The van der Waals surface area contributed by atoms with Crippen LogP contribution in [-0.2, 0) is 11.8 Å². The number of thiophene rings is 1. The molecule has 0 saturated heterocycles. The van der Waals surface area contributed by atoms with E-state index in [0.717, 1.165) is 30.7 Å². The highest BCUT2D eigenvalue weighted by molar-refractivity contribution is 7.26. The van der Waals surface area contributed by atoms with Crippen LogP contribution in [0.4, 0.5) is 0 Å². The number of rotatable bonds is 2. The van der Waals surface area contributed by atoms with Crippen molar-refractivity contribution >= 4 is 42.9 Å². The third-order valence-electron chi connectivity index (χ3n) is 10.0. The Morgan fingerprint density at radius 3 is 2.48 bits per heavy atom. The molecular formula is C43H39N2S+. The van der Waals surface area contributed by atoms with Crippen molar-refractivity contribution in [2.75, 3.05) is 0 Å². The van der Waals surface area contributed by atoms with Crippen LogP contribution in [0.2, 0.25) is 0 Å². The highest BCUT2D eigenvalue weighted by Gasteiger charge is 2.35. The molecule has 2 unspecified atom stereocenters. The second-order valence-electron chi connectivity index (χ2n) is 13.8. The summed E-state index contributed by atoms with van der Waals surface area (Å²) >= 11 is 1.93. The summed E-state index contributed by atoms with van der Waals surface area (Å²) in [4.78, 5) is 5.32. The lowest BCUT2D eigenvalue weighted by Crippen LogP contribution is -2.39. The van der Waals surface area contributed by atoms with Crippen molar-refractivity contribution in [2.24, 2.45) is 4.99 Å². The number of aryl methyl sites for hydroxylation is 1. The lowest BCUT2D eigenvalue weighted by Gasteiger charge is -2.32. The second-order valence-corrected chi connectivity index (χ2v) is 14.9. The first kappa shape index (κ1) is 28.8. The van der Waals surface area contributed by atoms with Gasteiger partial charge in [0.05, 0.1) is 23.7 Å². The van der Waals surface area contributed by atoms with Crippen LogP contribution in [0.1, 0.15) is 61.8 Å². The summed E-state index contributed by atoms with van der Waals surface area (Å²) < 4.78 is 5.05. The molecular weight excluding hydrogens is 577 g/mol. The molecule has 0 saturated carbocycles. The predicted octanol–water partition coefficient (Wildman–Crippen LogP) is 10.9. The van der Waals surface area contributed by atoms with Crippen molar-refractivity contribution in [1.82, 2.24) is 0 Å². The highest BCUT2D eigenvalue weighted by Crippen LogP contribution is 2.47. The maximum atomic E-state index is 5.32. The molecule has 8 rings (SSSR count). The van der Waals surface area contributed by atoms with E-state index < -0.39 is 0 Å². The molecule has 46 heavy (non-hydrogen) atoms. The molecule has 0 fully saturated rings. The average Bonchev–Trinajstić information content (AvgIpc) is 3.45. The Hall–Kier alpha value is -4.60. The third kappa shape index (κ3) is 4.68. The maximum absolute atomic E-state index is 5.32. The van der Waals surface area contributed by atoms with Crippen molar-refractivity contribution in [1.29, 1.82) is 0 Å². The van der Waals surface area contributed by atoms with Crippen molar-refractivity contribution in [2.45, 2.75) is 57.4 Å². The van der Waals surface area contributed by atoms with Crippen LogP contribution in [0.5, 0.6) is 0 Å². The monoisotopic (exact) mass is 615 g/mol. The van der Waals surface area contributed by atoms with E-state index in [0.29, 0.717) is 5.92 Å². The number of fused-ring (bicyclic) bond motifs is 10. The van der Waals surface area contributed by atoms with Gasteiger partial charge in [-0.25, -0.2) is 0 Å². The van der Waals surface area contributed by atoms with E-state index in [4.69, 9.17) is 11.6 Å². The minimum atomic E-state index is 0.0161. The van der Waals surface area contributed by atoms with Gasteiger partial charge in [0.2, 0.25) is 5.69 Å². The van der Waals surface area contributed by atoms with E-state index >= 15 is 0 Å². The zero-order chi connectivity index (χ0) is 31.6. The molecule has 0 aliphatic carbocycles. The maximum Gasteiger partial charge on any atom is 0.220 e. The van der Waals surface area contributed by atoms with Gasteiger partial charge in [-0.3, -0.25) is 4.99 Å². The molecule has 3 heteroatoms. The van der Waals surface area contributed by atoms with Gasteiger partial charge in [-0.05, 0) is 64.8 Å². The first-order chi connectivity index (χ1) is 22.3. The Bertz CT molecular complexity index is 2210. The quantitative estimate of drug-likeness (QED) is 0.172. The molecule has 2 aliphatic heterocycles. The fourth-order valence-corrected chi connectivity index (χ4v) is 8.97. The summed E-state index contributed by atoms with van der Waals surface area (Å²) in [6.45, 7) is 15.8. The zero-order valence-corrected chi connectivity index (χ0v) is 27.7. The normalized spacial score (nSPS) is 17.9. The first-order valence-electron chi connectivity index (χ1n) is 16.4. The van der Waals surface area contributed by atoms with Gasteiger partial charge in [0.15, 0.2) is 11.9 Å². The number of benzene rings is 4. The topological polar surface area (TPSA) is 16.2 Å². The van der Waals surface area contributed by atoms with E-state index in [-0.39, 0.29) is 11.5 Å². The summed E-state index contributed by atoms with van der Waals surface area (Å²) in [5.74, 6) is 0.309. The zero-order valence-electron chi connectivity index (χ0n) is 26.9. The molecule has 226 valence electrons. The Morgan fingerprint density at radius 1 is 0.891 bits per heavy atom. The molecule has 0 radical (unpaired) electrons. The fraction of sp³-hybridized carbons (Fsp3) is 0.209. The van der Waals surface area contributed by atoms with Crippen molar-refractivity contribution in [3.05, 3.63) is 145 Å². The Labute approximate surface area is 276 Å². The summed E-state index contributed by atoms with van der Waals surface area (Å²) in [6, 6.07) is 36.0. The molecule has 6 aromatic rings. The standard InChI is InChI=1S/C43H39N2S/c1-6-36-33-16-11-10-15-32(33)34-21-19-29-20-22-35-41-31(28-13-8-7-9-14-28)17-12-18-39(41)46-42(35)40(29)38-26-30(43(3,4)5)23-24-45(38)27(2)25-37(34)44-36/h6-18,20,22-24,26,34,37H,1-2,19,21,25H2,3-5H3/q+1. The lowest BCUT2D eigenvalue weighted by atomic mass is 9.78. The van der Waals surface area contributed by atoms with Gasteiger partial charge in [-0.15, -0.1) is 11.3 Å². The van der Waals surface area contributed by atoms with Gasteiger partial charge in [-0.1, -0.05) is 106 Å². The molecule has 2 atom stereocenters. The fourth-order valence-electron chi connectivity index (χ4n) is 7.66. The van der Waals surface area contributed by atoms with Gasteiger partial charge in [0.1, 0.15) is 0 Å². The van der Waals surface area contributed by atoms with E-state index in [1.54, 1.807) is 0 Å². The number of hydrogen-bond donors (Lipinski definition) is 0. The van der Waals surface area contributed by atoms with Crippen molar-refractivity contribution in [3.63, 3.8) is 0 Å². The van der Waals surface area contributed by atoms with E-state index in [9.17, 15) is 0 Å². The van der Waals surface area contributed by atoms with Crippen LogP contribution in [0.25, 0.3) is 48.3 Å². The predicted molar refractivity (Wildman–Crippen MR) is 197 cm³/mol. The summed E-state index contributed by atoms with van der Waals surface area (Å²) in [7, 11) is 0. The number of allylic oxidation sites excluding steroid dienone is 1. The molecule has 0 amide bonds. The molecule has 2 nitrogen and oxygen atoms in total. The van der Waals surface area contributed by atoms with Crippen LogP contribution in [-0.4, -0.2) is 11.8 Å². The van der Waals surface area contributed by atoms with Crippen LogP contribution >= 0.6 is 11.3 Å². The smallest absolute Gasteiger partial charge is 0.220 e. The van der Waals surface area contributed by atoms with Crippen LogP contribution in [0.15, 0.2) is 127 Å². The van der Waals surface area contributed by atoms with Crippen molar-refractivity contribution < 1.29 is 4.57 Å². The molecule has 0 spiro atoms. The summed E-state index contributed by atoms with van der Waals surface area (Å²) in [6.07, 6.45) is 6.98. The molecule has 4 aromatic carbocycles. The number of aliphatic imine (C=N–C) groups is 1. The highest BCUT2D eigenvalue weighted by atomic mass is 32.1. The van der Waals surface area contributed by atoms with Crippen molar-refractivity contribution in [3.8, 4) is 22.4 Å². The largest absolute Gasteiger partial charge is 0.280 e. The van der Waals surface area contributed by atoms with Gasteiger partial charge < -0.3 is 0 Å². The second kappa shape index (κ2) is 11.0. The third-order valence-corrected chi connectivity index (χ3v) is 11.2. The van der Waals surface area contributed by atoms with E-state index in [1.807, 2.05) is 17.4 Å². The van der Waals surface area contributed by atoms with Gasteiger partial charge >= 0.3 is 0 Å². The molecule has 2 aliphatic rings. The molecule has 4 heterocycles. The lowest BCUT2D eigenvalue weighted by molar-refractivity contribution is -0.571. The minimum absolute atomic E-state index is 0.0161. The molecule has 2 aromatic heterocycles. The number of pyridine rings is 1. The molecule has 0 N–H and O–H groups in total. The number of hydrogen-bond acceptors (Lipinski definition) is 2. The Balaban J connectivity index is 1.40. The van der Waals surface area contributed by atoms with Crippen LogP contribution < -0.4 is 4.57 Å². The Morgan fingerprint density at radius 2 is 1.67 bits per heavy atom. The number of aromatic nitrogens is 1. The van der Waals surface area contributed by atoms with Crippen LogP contribution in [0, 0.1) is 0 Å². The SMILES string of the molecule is C=CC1=NC2CC(=C)[n+]3ccc(C(C)(C)C)cc3-c3c(ccc4c3sc3cccc(-c5ccccc5)c34)CCC2c2ccccc21. The minimum Gasteiger partial charge on any atom is -0.280 e. The van der Waals surface area contributed by atoms with Crippen LogP contribution in [0.3, 0.4) is 0 Å². The first-order valence-corrected chi connectivity index (χ1v) is 17.2. The Kier molecular flexibility index (Phi) is 6.92. The summed E-state index contributed by atoms with van der Waals surface area (Å²) in [5, 5.41) is 2.67. The van der Waals surface area contributed by atoms with Gasteiger partial charge in [0, 0.05) is 43.8 Å². The van der Waals surface area contributed by atoms with Gasteiger partial charge in [-0.2, -0.15) is 4.57 Å². The average molecular weight is 616 g/mol. The molecule has 0 bridgehead atoms.